The van der Waals surface area contributed by atoms with Crippen molar-refractivity contribution in [1.82, 2.24) is 15.1 Å². The minimum absolute atomic E-state index is 0.118. The molecule has 1 aliphatic rings. The molecule has 0 aromatic heterocycles. The fourth-order valence-electron chi connectivity index (χ4n) is 2.79. The second-order valence-electron chi connectivity index (χ2n) is 5.57. The van der Waals surface area contributed by atoms with E-state index in [2.05, 4.69) is 29.2 Å². The molecule has 2 unspecified atom stereocenters. The van der Waals surface area contributed by atoms with Crippen LogP contribution in [0.1, 0.15) is 25.7 Å². The number of alkyl halides is 3. The normalized spacial score (nSPS) is 25.3. The van der Waals surface area contributed by atoms with Gasteiger partial charge >= 0.3 is 6.18 Å². The molecule has 2 atom stereocenters. The first-order valence-electron chi connectivity index (χ1n) is 6.96. The molecule has 0 aromatic carbocycles. The van der Waals surface area contributed by atoms with Crippen molar-refractivity contribution in [2.75, 3.05) is 40.8 Å². The molecule has 1 N–H and O–H groups in total. The van der Waals surface area contributed by atoms with Gasteiger partial charge in [0.15, 0.2) is 0 Å². The molecule has 19 heavy (non-hydrogen) atoms. The molecule has 0 saturated carbocycles. The van der Waals surface area contributed by atoms with Gasteiger partial charge in [-0.15, -0.1) is 0 Å². The lowest BCUT2D eigenvalue weighted by atomic mass is 10.00. The molecule has 1 saturated heterocycles. The molecule has 114 valence electrons. The van der Waals surface area contributed by atoms with Gasteiger partial charge in [-0.25, -0.2) is 0 Å². The Morgan fingerprint density at radius 1 is 1.26 bits per heavy atom. The van der Waals surface area contributed by atoms with E-state index < -0.39 is 12.6 Å². The Morgan fingerprint density at radius 3 is 2.53 bits per heavy atom. The third kappa shape index (κ3) is 6.10. The van der Waals surface area contributed by atoms with Gasteiger partial charge < -0.3 is 15.1 Å². The first kappa shape index (κ1) is 16.7. The summed E-state index contributed by atoms with van der Waals surface area (Å²) in [5.41, 5.74) is 0. The van der Waals surface area contributed by atoms with Gasteiger partial charge in [-0.05, 0) is 53.5 Å². The van der Waals surface area contributed by atoms with Gasteiger partial charge in [0.2, 0.25) is 0 Å². The van der Waals surface area contributed by atoms with Gasteiger partial charge in [0.1, 0.15) is 0 Å². The summed E-state index contributed by atoms with van der Waals surface area (Å²) < 4.78 is 36.7. The maximum absolute atomic E-state index is 12.2. The molecule has 3 nitrogen and oxygen atoms in total. The maximum Gasteiger partial charge on any atom is 0.389 e. The molecule has 6 heteroatoms. The Kier molecular flexibility index (Phi) is 6.56. The topological polar surface area (TPSA) is 18.5 Å². The lowest BCUT2D eigenvalue weighted by Gasteiger charge is -2.34. The Bertz CT molecular complexity index is 258. The summed E-state index contributed by atoms with van der Waals surface area (Å²) >= 11 is 0. The van der Waals surface area contributed by atoms with E-state index >= 15 is 0 Å². The SMILES string of the molecule is CNC(CCCC(F)(F)F)C1CN(C)CCCN1C. The second-order valence-corrected chi connectivity index (χ2v) is 5.57. The Hall–Kier alpha value is -0.330. The predicted octanol–water partition coefficient (Wildman–Crippen LogP) is 1.94. The van der Waals surface area contributed by atoms with Crippen LogP contribution < -0.4 is 5.32 Å². The van der Waals surface area contributed by atoms with Crippen molar-refractivity contribution < 1.29 is 13.2 Å². The minimum atomic E-state index is -4.04. The van der Waals surface area contributed by atoms with Crippen molar-refractivity contribution in [3.63, 3.8) is 0 Å². The van der Waals surface area contributed by atoms with Crippen molar-refractivity contribution in [2.45, 2.75) is 43.9 Å². The average Bonchev–Trinajstić information content (AvgIpc) is 2.46. The molecule has 0 radical (unpaired) electrons. The molecule has 0 aromatic rings. The quantitative estimate of drug-likeness (QED) is 0.831. The van der Waals surface area contributed by atoms with E-state index in [-0.39, 0.29) is 18.5 Å². The molecule has 0 bridgehead atoms. The van der Waals surface area contributed by atoms with Crippen LogP contribution >= 0.6 is 0 Å². The van der Waals surface area contributed by atoms with Crippen molar-refractivity contribution in [3.05, 3.63) is 0 Å². The Morgan fingerprint density at radius 2 is 1.95 bits per heavy atom. The lowest BCUT2D eigenvalue weighted by molar-refractivity contribution is -0.136. The van der Waals surface area contributed by atoms with Crippen LogP contribution in [0, 0.1) is 0 Å². The Balaban J connectivity index is 2.51. The Labute approximate surface area is 114 Å². The van der Waals surface area contributed by atoms with E-state index in [1.54, 1.807) is 0 Å². The van der Waals surface area contributed by atoms with E-state index in [0.29, 0.717) is 6.42 Å². The first-order valence-corrected chi connectivity index (χ1v) is 6.96. The summed E-state index contributed by atoms with van der Waals surface area (Å²) in [6, 6.07) is 0.402. The predicted molar refractivity (Wildman–Crippen MR) is 71.3 cm³/mol. The van der Waals surface area contributed by atoms with Crippen molar-refractivity contribution in [3.8, 4) is 0 Å². The minimum Gasteiger partial charge on any atom is -0.315 e. The molecular formula is C13H26F3N3. The highest BCUT2D eigenvalue weighted by molar-refractivity contribution is 4.87. The number of hydrogen-bond acceptors (Lipinski definition) is 3. The third-order valence-corrected chi connectivity index (χ3v) is 3.93. The smallest absolute Gasteiger partial charge is 0.315 e. The lowest BCUT2D eigenvalue weighted by Crippen LogP contribution is -2.51. The monoisotopic (exact) mass is 281 g/mol. The van der Waals surface area contributed by atoms with E-state index in [0.717, 1.165) is 26.1 Å². The van der Waals surface area contributed by atoms with Gasteiger partial charge in [-0.1, -0.05) is 0 Å². The second kappa shape index (κ2) is 7.45. The third-order valence-electron chi connectivity index (χ3n) is 3.93. The number of nitrogens with one attached hydrogen (secondary N) is 1. The zero-order valence-electron chi connectivity index (χ0n) is 12.1. The average molecular weight is 281 g/mol. The molecule has 0 spiro atoms. The molecular weight excluding hydrogens is 255 g/mol. The van der Waals surface area contributed by atoms with Crippen LogP contribution in [0.4, 0.5) is 13.2 Å². The van der Waals surface area contributed by atoms with Crippen LogP contribution in [0.15, 0.2) is 0 Å². The maximum atomic E-state index is 12.2. The largest absolute Gasteiger partial charge is 0.389 e. The highest BCUT2D eigenvalue weighted by Gasteiger charge is 2.30. The van der Waals surface area contributed by atoms with Crippen LogP contribution in [0.2, 0.25) is 0 Å². The number of likely N-dealkylation sites (N-methyl/N-ethyl adjacent to an activating group) is 3. The van der Waals surface area contributed by atoms with E-state index in [9.17, 15) is 13.2 Å². The number of hydrogen-bond donors (Lipinski definition) is 1. The molecule has 1 heterocycles. The van der Waals surface area contributed by atoms with Crippen molar-refractivity contribution in [2.24, 2.45) is 0 Å². The van der Waals surface area contributed by atoms with E-state index in [1.165, 1.54) is 0 Å². The molecule has 1 rings (SSSR count). The molecule has 1 aliphatic heterocycles. The van der Waals surface area contributed by atoms with E-state index in [4.69, 9.17) is 0 Å². The number of nitrogens with zero attached hydrogens (tertiary/aromatic N) is 2. The highest BCUT2D eigenvalue weighted by Crippen LogP contribution is 2.24. The summed E-state index contributed by atoms with van der Waals surface area (Å²) in [5.74, 6) is 0. The van der Waals surface area contributed by atoms with Gasteiger partial charge in [0.05, 0.1) is 0 Å². The van der Waals surface area contributed by atoms with Crippen LogP contribution in [0.25, 0.3) is 0 Å². The first-order chi connectivity index (χ1) is 8.83. The van der Waals surface area contributed by atoms with Crippen molar-refractivity contribution >= 4 is 0 Å². The van der Waals surface area contributed by atoms with Gasteiger partial charge in [0.25, 0.3) is 0 Å². The number of halogens is 3. The van der Waals surface area contributed by atoms with Gasteiger partial charge in [-0.3, -0.25) is 0 Å². The van der Waals surface area contributed by atoms with Crippen molar-refractivity contribution in [1.29, 1.82) is 0 Å². The zero-order valence-corrected chi connectivity index (χ0v) is 12.1. The van der Waals surface area contributed by atoms with Crippen LogP contribution in [0.5, 0.6) is 0 Å². The van der Waals surface area contributed by atoms with Crippen LogP contribution in [-0.2, 0) is 0 Å². The van der Waals surface area contributed by atoms with E-state index in [1.807, 2.05) is 7.05 Å². The van der Waals surface area contributed by atoms with Gasteiger partial charge in [0, 0.05) is 25.0 Å². The zero-order chi connectivity index (χ0) is 14.5. The summed E-state index contributed by atoms with van der Waals surface area (Å²) in [5, 5.41) is 3.20. The van der Waals surface area contributed by atoms with Crippen LogP contribution in [-0.4, -0.2) is 68.8 Å². The summed E-state index contributed by atoms with van der Waals surface area (Å²) in [4.78, 5) is 4.54. The fraction of sp³-hybridized carbons (Fsp3) is 1.00. The molecule has 0 aliphatic carbocycles. The number of rotatable bonds is 5. The van der Waals surface area contributed by atoms with Crippen LogP contribution in [0.3, 0.4) is 0 Å². The van der Waals surface area contributed by atoms with Gasteiger partial charge in [-0.2, -0.15) is 13.2 Å². The summed E-state index contributed by atoms with van der Waals surface area (Å²) in [7, 11) is 5.99. The standard InChI is InChI=1S/C13H26F3N3/c1-17-11(6-4-7-13(14,15)16)12-10-18(2)8-5-9-19(12)3/h11-12,17H,4-10H2,1-3H3. The molecule has 1 fully saturated rings. The summed E-state index contributed by atoms with van der Waals surface area (Å²) in [6.07, 6.45) is -2.84. The fourth-order valence-corrected chi connectivity index (χ4v) is 2.79. The summed E-state index contributed by atoms with van der Waals surface area (Å²) in [6.45, 7) is 2.97. The molecule has 0 amide bonds. The highest BCUT2D eigenvalue weighted by atomic mass is 19.4.